The average Bonchev–Trinajstić information content (AvgIpc) is 2.61. The molecule has 3 rings (SSSR count). The minimum Gasteiger partial charge on any atom is -0.352 e. The van der Waals surface area contributed by atoms with Crippen molar-refractivity contribution in [2.45, 2.75) is 19.8 Å². The van der Waals surface area contributed by atoms with Crippen molar-refractivity contribution in [2.75, 3.05) is 6.54 Å². The van der Waals surface area contributed by atoms with Gasteiger partial charge in [-0.2, -0.15) is 0 Å². The predicted molar refractivity (Wildman–Crippen MR) is 94.4 cm³/mol. The first-order chi connectivity index (χ1) is 11.3. The lowest BCUT2D eigenvalue weighted by Gasteiger charge is -2.10. The SMILES string of the molecule is CCCCNC(=O)c1cnccc1-c1ccc2ccccc2c1. The van der Waals surface area contributed by atoms with E-state index in [9.17, 15) is 4.79 Å². The average molecular weight is 304 g/mol. The quantitative estimate of drug-likeness (QED) is 0.708. The van der Waals surface area contributed by atoms with Crippen molar-refractivity contribution < 1.29 is 4.79 Å². The number of pyridine rings is 1. The van der Waals surface area contributed by atoms with E-state index in [1.54, 1.807) is 12.4 Å². The van der Waals surface area contributed by atoms with Gasteiger partial charge in [0.2, 0.25) is 0 Å². The molecule has 1 heterocycles. The van der Waals surface area contributed by atoms with E-state index in [0.717, 1.165) is 24.0 Å². The van der Waals surface area contributed by atoms with E-state index in [4.69, 9.17) is 0 Å². The molecule has 2 aromatic carbocycles. The van der Waals surface area contributed by atoms with Crippen LogP contribution in [0.15, 0.2) is 60.9 Å². The van der Waals surface area contributed by atoms with Crippen LogP contribution in [0.3, 0.4) is 0 Å². The van der Waals surface area contributed by atoms with Crippen molar-refractivity contribution in [1.82, 2.24) is 10.3 Å². The number of hydrogen-bond acceptors (Lipinski definition) is 2. The fourth-order valence-corrected chi connectivity index (χ4v) is 2.66. The van der Waals surface area contributed by atoms with E-state index < -0.39 is 0 Å². The monoisotopic (exact) mass is 304 g/mol. The van der Waals surface area contributed by atoms with Crippen LogP contribution < -0.4 is 5.32 Å². The maximum absolute atomic E-state index is 12.4. The third-order valence-electron chi connectivity index (χ3n) is 3.94. The van der Waals surface area contributed by atoms with Crippen LogP contribution in [0, 0.1) is 0 Å². The number of hydrogen-bond donors (Lipinski definition) is 1. The lowest BCUT2D eigenvalue weighted by Crippen LogP contribution is -2.25. The molecule has 3 aromatic rings. The number of benzene rings is 2. The van der Waals surface area contributed by atoms with Crippen LogP contribution in [0.2, 0.25) is 0 Å². The first-order valence-electron chi connectivity index (χ1n) is 8.01. The predicted octanol–water partition coefficient (Wildman–Crippen LogP) is 4.43. The van der Waals surface area contributed by atoms with Crippen LogP contribution in [-0.4, -0.2) is 17.4 Å². The molecule has 3 nitrogen and oxygen atoms in total. The Balaban J connectivity index is 1.96. The Bertz CT molecular complexity index is 826. The molecule has 0 aliphatic carbocycles. The summed E-state index contributed by atoms with van der Waals surface area (Å²) < 4.78 is 0. The van der Waals surface area contributed by atoms with Gasteiger partial charge in [0, 0.05) is 18.9 Å². The molecule has 0 bridgehead atoms. The van der Waals surface area contributed by atoms with Crippen molar-refractivity contribution in [3.05, 3.63) is 66.5 Å². The van der Waals surface area contributed by atoms with Gasteiger partial charge >= 0.3 is 0 Å². The summed E-state index contributed by atoms with van der Waals surface area (Å²) in [7, 11) is 0. The molecule has 0 fully saturated rings. The molecule has 0 spiro atoms. The van der Waals surface area contributed by atoms with Crippen molar-refractivity contribution in [3.63, 3.8) is 0 Å². The molecule has 0 radical (unpaired) electrons. The van der Waals surface area contributed by atoms with Crippen LogP contribution >= 0.6 is 0 Å². The number of nitrogens with one attached hydrogen (secondary N) is 1. The van der Waals surface area contributed by atoms with Crippen molar-refractivity contribution >= 4 is 16.7 Å². The second kappa shape index (κ2) is 7.05. The minimum absolute atomic E-state index is 0.0605. The van der Waals surface area contributed by atoms with E-state index in [1.807, 2.05) is 18.2 Å². The van der Waals surface area contributed by atoms with Gasteiger partial charge in [0.1, 0.15) is 0 Å². The number of unbranched alkanes of at least 4 members (excludes halogenated alkanes) is 1. The van der Waals surface area contributed by atoms with E-state index in [2.05, 4.69) is 47.6 Å². The Hall–Kier alpha value is -2.68. The summed E-state index contributed by atoms with van der Waals surface area (Å²) in [5.41, 5.74) is 2.57. The van der Waals surface area contributed by atoms with Gasteiger partial charge in [-0.3, -0.25) is 9.78 Å². The zero-order valence-corrected chi connectivity index (χ0v) is 13.3. The number of nitrogens with zero attached hydrogens (tertiary/aromatic N) is 1. The van der Waals surface area contributed by atoms with Crippen molar-refractivity contribution in [1.29, 1.82) is 0 Å². The molecular weight excluding hydrogens is 284 g/mol. The van der Waals surface area contributed by atoms with Gasteiger partial charge in [0.25, 0.3) is 5.91 Å². The summed E-state index contributed by atoms with van der Waals surface area (Å²) in [6.07, 6.45) is 5.42. The zero-order valence-electron chi connectivity index (χ0n) is 13.3. The van der Waals surface area contributed by atoms with Gasteiger partial charge in [-0.15, -0.1) is 0 Å². The van der Waals surface area contributed by atoms with E-state index in [-0.39, 0.29) is 5.91 Å². The van der Waals surface area contributed by atoms with Gasteiger partial charge in [-0.25, -0.2) is 0 Å². The minimum atomic E-state index is -0.0605. The largest absolute Gasteiger partial charge is 0.352 e. The van der Waals surface area contributed by atoms with Crippen molar-refractivity contribution in [3.8, 4) is 11.1 Å². The summed E-state index contributed by atoms with van der Waals surface area (Å²) in [6, 6.07) is 16.4. The Morgan fingerprint density at radius 1 is 1.09 bits per heavy atom. The first-order valence-corrected chi connectivity index (χ1v) is 8.01. The van der Waals surface area contributed by atoms with Crippen LogP contribution in [0.1, 0.15) is 30.1 Å². The fraction of sp³-hybridized carbons (Fsp3) is 0.200. The maximum Gasteiger partial charge on any atom is 0.253 e. The molecule has 3 heteroatoms. The highest BCUT2D eigenvalue weighted by atomic mass is 16.1. The number of carbonyl (C=O) groups is 1. The molecule has 1 amide bonds. The summed E-state index contributed by atoms with van der Waals surface area (Å²) in [5.74, 6) is -0.0605. The standard InChI is InChI=1S/C20H20N2O/c1-2-3-11-22-20(23)19-14-21-12-10-18(19)17-9-8-15-6-4-5-7-16(15)13-17/h4-10,12-14H,2-3,11H2,1H3,(H,22,23). The molecule has 0 aliphatic rings. The van der Waals surface area contributed by atoms with Gasteiger partial charge in [0.15, 0.2) is 0 Å². The number of carbonyl (C=O) groups excluding carboxylic acids is 1. The number of rotatable bonds is 5. The third kappa shape index (κ3) is 3.39. The summed E-state index contributed by atoms with van der Waals surface area (Å²) in [6.45, 7) is 2.80. The fourth-order valence-electron chi connectivity index (χ4n) is 2.66. The van der Waals surface area contributed by atoms with E-state index >= 15 is 0 Å². The van der Waals surface area contributed by atoms with E-state index in [0.29, 0.717) is 12.1 Å². The summed E-state index contributed by atoms with van der Waals surface area (Å²) in [5, 5.41) is 5.33. The smallest absolute Gasteiger partial charge is 0.253 e. The molecule has 1 aromatic heterocycles. The molecule has 0 atom stereocenters. The molecule has 0 saturated heterocycles. The lowest BCUT2D eigenvalue weighted by atomic mass is 9.98. The Labute approximate surface area is 136 Å². The lowest BCUT2D eigenvalue weighted by molar-refractivity contribution is 0.0953. The molecule has 116 valence electrons. The Morgan fingerprint density at radius 3 is 2.74 bits per heavy atom. The Morgan fingerprint density at radius 2 is 1.91 bits per heavy atom. The first kappa shape index (κ1) is 15.2. The normalized spacial score (nSPS) is 10.7. The highest BCUT2D eigenvalue weighted by Crippen LogP contribution is 2.26. The molecule has 0 aliphatic heterocycles. The summed E-state index contributed by atoms with van der Waals surface area (Å²) in [4.78, 5) is 16.5. The maximum atomic E-state index is 12.4. The van der Waals surface area contributed by atoms with Crippen LogP contribution in [0.4, 0.5) is 0 Å². The van der Waals surface area contributed by atoms with Crippen LogP contribution in [-0.2, 0) is 0 Å². The van der Waals surface area contributed by atoms with Crippen molar-refractivity contribution in [2.24, 2.45) is 0 Å². The molecular formula is C20H20N2O. The summed E-state index contributed by atoms with van der Waals surface area (Å²) >= 11 is 0. The van der Waals surface area contributed by atoms with Gasteiger partial charge < -0.3 is 5.32 Å². The van der Waals surface area contributed by atoms with Gasteiger partial charge in [0.05, 0.1) is 5.56 Å². The molecule has 1 N–H and O–H groups in total. The second-order valence-electron chi connectivity index (χ2n) is 5.59. The highest BCUT2D eigenvalue weighted by Gasteiger charge is 2.12. The second-order valence-corrected chi connectivity index (χ2v) is 5.59. The topological polar surface area (TPSA) is 42.0 Å². The molecule has 23 heavy (non-hydrogen) atoms. The van der Waals surface area contributed by atoms with Crippen LogP contribution in [0.25, 0.3) is 21.9 Å². The molecule has 0 saturated carbocycles. The highest BCUT2D eigenvalue weighted by molar-refractivity contribution is 6.01. The zero-order chi connectivity index (χ0) is 16.1. The van der Waals surface area contributed by atoms with Gasteiger partial charge in [-0.05, 0) is 40.5 Å². The number of aromatic nitrogens is 1. The van der Waals surface area contributed by atoms with Crippen LogP contribution in [0.5, 0.6) is 0 Å². The number of amides is 1. The van der Waals surface area contributed by atoms with E-state index in [1.165, 1.54) is 10.8 Å². The van der Waals surface area contributed by atoms with Gasteiger partial charge in [-0.1, -0.05) is 49.7 Å². The number of fused-ring (bicyclic) bond motifs is 1. The molecule has 0 unspecified atom stereocenters. The Kier molecular flexibility index (Phi) is 4.67. The third-order valence-corrected chi connectivity index (χ3v) is 3.94.